The molecule has 10 rings (SSSR count). The predicted molar refractivity (Wildman–Crippen MR) is 365 cm³/mol. The number of rotatable bonds is 34. The zero-order chi connectivity index (χ0) is 57.9. The fraction of sp³-hybridized carbons (Fsp3) is 0.407. The Morgan fingerprint density at radius 1 is 0.333 bits per heavy atom. The van der Waals surface area contributed by atoms with Gasteiger partial charge in [0.15, 0.2) is 0 Å². The van der Waals surface area contributed by atoms with E-state index in [1.165, 1.54) is 215 Å². The van der Waals surface area contributed by atoms with E-state index in [0.29, 0.717) is 0 Å². The quantitative estimate of drug-likeness (QED) is 0.0377. The molecule has 438 valence electrons. The van der Waals surface area contributed by atoms with E-state index in [1.54, 1.807) is 0 Å². The van der Waals surface area contributed by atoms with Crippen LogP contribution >= 0.6 is 0 Å². The molecule has 2 aromatic heterocycles. The number of hydrogen-bond donors (Lipinski definition) is 0. The number of hydrogen-bond acceptors (Lipinski definition) is 3. The van der Waals surface area contributed by atoms with E-state index in [2.05, 4.69) is 191 Å². The van der Waals surface area contributed by atoms with E-state index >= 15 is 0 Å². The number of nitrogens with zero attached hydrogens (tertiary/aromatic N) is 1. The Morgan fingerprint density at radius 2 is 0.762 bits per heavy atom. The van der Waals surface area contributed by atoms with Crippen molar-refractivity contribution in [3.8, 4) is 33.6 Å². The average molecular weight is 1120 g/mol. The number of aryl methyl sites for hydroxylation is 5. The number of unbranched alkanes of at least 4 members (excludes halogenated alkanes) is 20. The van der Waals surface area contributed by atoms with Crippen LogP contribution in [0.1, 0.15) is 210 Å². The highest BCUT2D eigenvalue weighted by Gasteiger charge is 2.24. The Kier molecular flexibility index (Phi) is 22.1. The molecule has 8 aromatic carbocycles. The first-order chi connectivity index (χ1) is 41.4. The van der Waals surface area contributed by atoms with Crippen LogP contribution in [0, 0.1) is 6.92 Å². The van der Waals surface area contributed by atoms with Gasteiger partial charge >= 0.3 is 0 Å². The summed E-state index contributed by atoms with van der Waals surface area (Å²) >= 11 is 0. The van der Waals surface area contributed by atoms with Crippen LogP contribution in [0.15, 0.2) is 167 Å². The van der Waals surface area contributed by atoms with Gasteiger partial charge in [-0.1, -0.05) is 241 Å². The minimum atomic E-state index is 0.916. The third-order valence-electron chi connectivity index (χ3n) is 18.0. The first-order valence-corrected chi connectivity index (χ1v) is 33.5. The summed E-state index contributed by atoms with van der Waals surface area (Å²) in [5.41, 5.74) is 18.2. The molecule has 0 unspecified atom stereocenters. The monoisotopic (exact) mass is 1120 g/mol. The first-order valence-electron chi connectivity index (χ1n) is 33.5. The molecule has 3 heteroatoms. The maximum absolute atomic E-state index is 7.49. The molecule has 0 amide bonds. The normalized spacial score (nSPS) is 11.8. The summed E-state index contributed by atoms with van der Waals surface area (Å²) < 4.78 is 14.3. The van der Waals surface area contributed by atoms with E-state index in [1.807, 2.05) is 6.26 Å². The third kappa shape index (κ3) is 15.3. The van der Waals surface area contributed by atoms with E-state index in [-0.39, 0.29) is 0 Å². The van der Waals surface area contributed by atoms with Crippen molar-refractivity contribution in [1.29, 1.82) is 0 Å². The molecular weight excluding hydrogens is 1020 g/mol. The van der Waals surface area contributed by atoms with Gasteiger partial charge in [-0.05, 0) is 175 Å². The summed E-state index contributed by atoms with van der Waals surface area (Å²) in [6.07, 6.45) is 37.7. The standard InChI is InChI=1S/C81H97NO2/c1-6-10-14-18-22-26-32-61-52-62(33-27-23-19-15-11-7-2)55-68(54-61)77-59-83-80-73-50-51-76-78(69-56-63(34-28-24-20-16-12-8-3)53-64(57-69)35-29-25-21-17-13-9-4)79(84-81(76)74(73)48-49-75(77)80)66-41-45-71(46-42-66)82(70-43-38-60(5)39-44-70)72-47-40-65-36-30-31-37-67(65)58-72/h30-31,36-59H,6-29,32-35H2,1-5H3. The van der Waals surface area contributed by atoms with Crippen LogP contribution in [-0.2, 0) is 25.7 Å². The molecule has 0 saturated carbocycles. The molecule has 0 bridgehead atoms. The van der Waals surface area contributed by atoms with Gasteiger partial charge in [0, 0.05) is 55.3 Å². The Bertz CT molecular complexity index is 3580. The molecular formula is C81H97NO2. The fourth-order valence-corrected chi connectivity index (χ4v) is 13.2. The van der Waals surface area contributed by atoms with Crippen LogP contribution in [-0.4, -0.2) is 0 Å². The van der Waals surface area contributed by atoms with Crippen LogP contribution in [0.3, 0.4) is 0 Å². The molecule has 0 fully saturated rings. The topological polar surface area (TPSA) is 29.5 Å². The Labute approximate surface area is 505 Å². The molecule has 0 radical (unpaired) electrons. The summed E-state index contributed by atoms with van der Waals surface area (Å²) in [6.45, 7) is 11.4. The molecule has 84 heavy (non-hydrogen) atoms. The van der Waals surface area contributed by atoms with Crippen LogP contribution in [0.4, 0.5) is 17.1 Å². The highest BCUT2D eigenvalue weighted by molar-refractivity contribution is 6.19. The van der Waals surface area contributed by atoms with Gasteiger partial charge in [0.2, 0.25) is 0 Å². The van der Waals surface area contributed by atoms with Crippen LogP contribution in [0.5, 0.6) is 0 Å². The van der Waals surface area contributed by atoms with Crippen molar-refractivity contribution in [2.45, 2.75) is 214 Å². The Balaban J connectivity index is 1.06. The van der Waals surface area contributed by atoms with Crippen LogP contribution in [0.25, 0.3) is 77.1 Å². The second-order valence-corrected chi connectivity index (χ2v) is 24.8. The highest BCUT2D eigenvalue weighted by Crippen LogP contribution is 2.47. The SMILES string of the molecule is CCCCCCCCc1cc(CCCCCCCC)cc(-c2coc3c2ccc2c3ccc3c(-c4cc(CCCCCCCC)cc(CCCCCCCC)c4)c(-c4ccc(N(c5ccc(C)cc5)c5ccc6ccccc6c5)cc4)oc32)c1. The predicted octanol–water partition coefficient (Wildman–Crippen LogP) is 25.9. The molecule has 0 aliphatic carbocycles. The number of anilines is 3. The molecule has 10 aromatic rings. The molecule has 0 spiro atoms. The summed E-state index contributed by atoms with van der Waals surface area (Å²) in [5.74, 6) is 0.916. The molecule has 0 N–H and O–H groups in total. The number of benzene rings is 8. The summed E-state index contributed by atoms with van der Waals surface area (Å²) in [4.78, 5) is 2.38. The highest BCUT2D eigenvalue weighted by atomic mass is 16.3. The molecule has 2 heterocycles. The zero-order valence-electron chi connectivity index (χ0n) is 52.1. The van der Waals surface area contributed by atoms with Crippen molar-refractivity contribution in [2.75, 3.05) is 4.90 Å². The van der Waals surface area contributed by atoms with Crippen molar-refractivity contribution >= 4 is 60.5 Å². The zero-order valence-corrected chi connectivity index (χ0v) is 52.1. The lowest BCUT2D eigenvalue weighted by atomic mass is 9.91. The molecule has 0 atom stereocenters. The lowest BCUT2D eigenvalue weighted by Gasteiger charge is -2.26. The average Bonchev–Trinajstić information content (AvgIpc) is 3.15. The van der Waals surface area contributed by atoms with E-state index in [4.69, 9.17) is 8.83 Å². The molecule has 0 saturated heterocycles. The van der Waals surface area contributed by atoms with E-state index in [9.17, 15) is 0 Å². The fourth-order valence-electron chi connectivity index (χ4n) is 13.2. The number of fused-ring (bicyclic) bond motifs is 6. The van der Waals surface area contributed by atoms with Crippen LogP contribution in [0.2, 0.25) is 0 Å². The molecule has 3 nitrogen and oxygen atoms in total. The minimum absolute atomic E-state index is 0.916. The van der Waals surface area contributed by atoms with Gasteiger partial charge in [0.25, 0.3) is 0 Å². The van der Waals surface area contributed by atoms with Crippen LogP contribution < -0.4 is 4.90 Å². The van der Waals surface area contributed by atoms with Gasteiger partial charge in [0.05, 0.1) is 6.26 Å². The largest absolute Gasteiger partial charge is 0.463 e. The minimum Gasteiger partial charge on any atom is -0.463 e. The lowest BCUT2D eigenvalue weighted by Crippen LogP contribution is -2.09. The molecule has 0 aliphatic heterocycles. The van der Waals surface area contributed by atoms with Crippen molar-refractivity contribution in [1.82, 2.24) is 0 Å². The summed E-state index contributed by atoms with van der Waals surface area (Å²) in [5, 5.41) is 6.95. The summed E-state index contributed by atoms with van der Waals surface area (Å²) in [7, 11) is 0. The second-order valence-electron chi connectivity index (χ2n) is 24.8. The van der Waals surface area contributed by atoms with Gasteiger partial charge in [-0.15, -0.1) is 0 Å². The smallest absolute Gasteiger partial charge is 0.143 e. The maximum Gasteiger partial charge on any atom is 0.143 e. The van der Waals surface area contributed by atoms with Gasteiger partial charge in [-0.2, -0.15) is 0 Å². The first kappa shape index (κ1) is 60.3. The third-order valence-corrected chi connectivity index (χ3v) is 18.0. The number of furan rings is 2. The van der Waals surface area contributed by atoms with Gasteiger partial charge in [0.1, 0.15) is 16.9 Å². The van der Waals surface area contributed by atoms with Gasteiger partial charge < -0.3 is 13.7 Å². The lowest BCUT2D eigenvalue weighted by molar-refractivity contribution is 0.605. The Morgan fingerprint density at radius 3 is 1.29 bits per heavy atom. The second kappa shape index (κ2) is 30.8. The Hall–Kier alpha value is -6.84. The van der Waals surface area contributed by atoms with E-state index in [0.717, 1.165) is 86.8 Å². The van der Waals surface area contributed by atoms with E-state index < -0.39 is 0 Å². The molecule has 0 aliphatic rings. The van der Waals surface area contributed by atoms with Crippen molar-refractivity contribution < 1.29 is 8.83 Å². The summed E-state index contributed by atoms with van der Waals surface area (Å²) in [6, 6.07) is 57.8. The van der Waals surface area contributed by atoms with Crippen molar-refractivity contribution in [3.63, 3.8) is 0 Å². The van der Waals surface area contributed by atoms with Crippen molar-refractivity contribution in [3.05, 3.63) is 186 Å². The van der Waals surface area contributed by atoms with Crippen molar-refractivity contribution in [2.24, 2.45) is 0 Å². The van der Waals surface area contributed by atoms with Gasteiger partial charge in [-0.25, -0.2) is 0 Å². The van der Waals surface area contributed by atoms with Gasteiger partial charge in [-0.3, -0.25) is 0 Å². The maximum atomic E-state index is 7.49.